The maximum atomic E-state index is 15.5. The molecule has 17 heteroatoms. The van der Waals surface area contributed by atoms with Gasteiger partial charge in [0.2, 0.25) is 23.6 Å². The van der Waals surface area contributed by atoms with Gasteiger partial charge in [0, 0.05) is 39.0 Å². The van der Waals surface area contributed by atoms with E-state index >= 15 is 9.59 Å². The average Bonchev–Trinajstić information content (AvgIpc) is 3.76. The average molecular weight is 842 g/mol. The van der Waals surface area contributed by atoms with Gasteiger partial charge in [-0.15, -0.1) is 0 Å². The standard InChI is InChI=1S/C44H55N7O10/c1-43(2,3)61-40(56)46-36-39(55)49-20-17-32(35(49)38(54)48-21-22-59-33(25-48)28-9-7-6-8-10-28)60-42(58)47-18-15-26(16-19-47)23-27-11-12-29-31(24-27)51(44(36,4)5)41(57)50(29)30-13-14-34(52)45-37(30)53/h6-12,24,26,30,32-33,35-36H,13-23,25H2,1-5H3,(H,46,56)(H,45,52,53)/t30?,32-,33+,35+,36-/m1/s1. The van der Waals surface area contributed by atoms with Gasteiger partial charge in [0.15, 0.2) is 0 Å². The number of carbonyl (C=O) groups is 6. The second-order valence-electron chi connectivity index (χ2n) is 18.4. The molecule has 2 aromatic carbocycles. The van der Waals surface area contributed by atoms with Gasteiger partial charge in [-0.2, -0.15) is 0 Å². The van der Waals surface area contributed by atoms with E-state index in [9.17, 15) is 24.0 Å². The monoisotopic (exact) mass is 841 g/mol. The highest BCUT2D eigenvalue weighted by Gasteiger charge is 2.52. The SMILES string of the molecule is CC(C)(C)OC(=O)N[C@@H]1C(=O)N2CC[C@@H](OC(=O)N3CCC(CC3)Cc3ccc4c(c3)n(c(=O)n4C3CCC(=O)NC3=O)C1(C)C)[C@H]2C(=O)N1CCO[C@H](c2ccccc2)C1. The lowest BCUT2D eigenvalue weighted by atomic mass is 9.89. The molecule has 4 fully saturated rings. The van der Waals surface area contributed by atoms with Crippen molar-refractivity contribution in [3.05, 3.63) is 70.1 Å². The van der Waals surface area contributed by atoms with E-state index in [1.807, 2.05) is 42.5 Å². The van der Waals surface area contributed by atoms with Crippen LogP contribution in [0.1, 0.15) is 90.0 Å². The molecule has 0 radical (unpaired) electrons. The minimum Gasteiger partial charge on any atom is -0.444 e. The number of piperidine rings is 2. The molecule has 4 saturated heterocycles. The number of aromatic nitrogens is 2. The number of hydrogen-bond acceptors (Lipinski definition) is 10. The summed E-state index contributed by atoms with van der Waals surface area (Å²) in [6.07, 6.45) is -0.650. The molecule has 6 aliphatic heterocycles. The number of fused-ring (bicyclic) bond motifs is 5. The maximum Gasteiger partial charge on any atom is 0.410 e. The molecule has 1 aromatic heterocycles. The number of rotatable bonds is 4. The molecular formula is C44H55N7O10. The number of ether oxygens (including phenoxy) is 3. The first-order valence-electron chi connectivity index (χ1n) is 21.3. The predicted molar refractivity (Wildman–Crippen MR) is 220 cm³/mol. The molecule has 0 aliphatic carbocycles. The normalized spacial score (nSPS) is 26.3. The number of imidazole rings is 1. The Morgan fingerprint density at radius 1 is 0.902 bits per heavy atom. The van der Waals surface area contributed by atoms with Crippen molar-refractivity contribution in [2.75, 3.05) is 39.3 Å². The van der Waals surface area contributed by atoms with E-state index in [1.165, 1.54) is 14.0 Å². The Morgan fingerprint density at radius 3 is 2.34 bits per heavy atom. The molecule has 326 valence electrons. The van der Waals surface area contributed by atoms with Gasteiger partial charge in [0.05, 0.1) is 29.7 Å². The predicted octanol–water partition coefficient (Wildman–Crippen LogP) is 3.38. The fourth-order valence-electron chi connectivity index (χ4n) is 9.63. The molecule has 5 atom stereocenters. The molecule has 6 aliphatic rings. The fourth-order valence-corrected chi connectivity index (χ4v) is 9.63. The van der Waals surface area contributed by atoms with Crippen LogP contribution in [0.3, 0.4) is 0 Å². The summed E-state index contributed by atoms with van der Waals surface area (Å²) in [4.78, 5) is 103. The van der Waals surface area contributed by atoms with Crippen LogP contribution in [-0.4, -0.2) is 123 Å². The van der Waals surface area contributed by atoms with Gasteiger partial charge < -0.3 is 34.2 Å². The molecule has 2 N–H and O–H groups in total. The molecule has 17 nitrogen and oxygen atoms in total. The second kappa shape index (κ2) is 16.3. The highest BCUT2D eigenvalue weighted by molar-refractivity contribution is 6.00. The Kier molecular flexibility index (Phi) is 11.2. The van der Waals surface area contributed by atoms with E-state index in [0.29, 0.717) is 43.4 Å². The van der Waals surface area contributed by atoms with E-state index in [4.69, 9.17) is 14.2 Å². The van der Waals surface area contributed by atoms with E-state index in [1.54, 1.807) is 50.5 Å². The number of morpholine rings is 1. The summed E-state index contributed by atoms with van der Waals surface area (Å²) in [5.41, 5.74) is -0.549. The summed E-state index contributed by atoms with van der Waals surface area (Å²) in [6, 6.07) is 11.3. The van der Waals surface area contributed by atoms with Crippen molar-refractivity contribution < 1.29 is 43.0 Å². The maximum absolute atomic E-state index is 15.5. The number of amides is 6. The zero-order chi connectivity index (χ0) is 43.4. The van der Waals surface area contributed by atoms with Crippen molar-refractivity contribution in [3.8, 4) is 0 Å². The zero-order valence-electron chi connectivity index (χ0n) is 35.4. The van der Waals surface area contributed by atoms with Gasteiger partial charge in [-0.1, -0.05) is 36.4 Å². The number of nitrogens with zero attached hydrogens (tertiary/aromatic N) is 5. The number of imide groups is 1. The Labute approximate surface area is 353 Å². The van der Waals surface area contributed by atoms with Crippen molar-refractivity contribution in [2.24, 2.45) is 5.92 Å². The van der Waals surface area contributed by atoms with Crippen molar-refractivity contribution in [1.29, 1.82) is 0 Å². The van der Waals surface area contributed by atoms with Crippen molar-refractivity contribution in [1.82, 2.24) is 34.5 Å². The lowest BCUT2D eigenvalue weighted by molar-refractivity contribution is -0.153. The third-order valence-corrected chi connectivity index (χ3v) is 12.7. The molecule has 9 rings (SSSR count). The van der Waals surface area contributed by atoms with E-state index in [-0.39, 0.29) is 51.4 Å². The minimum absolute atomic E-state index is 0.00136. The summed E-state index contributed by atoms with van der Waals surface area (Å²) >= 11 is 0. The molecule has 61 heavy (non-hydrogen) atoms. The summed E-state index contributed by atoms with van der Waals surface area (Å²) in [5.74, 6) is -1.98. The van der Waals surface area contributed by atoms with Crippen LogP contribution >= 0.6 is 0 Å². The minimum atomic E-state index is -1.59. The fraction of sp³-hybridized carbons (Fsp3) is 0.568. The topological polar surface area (TPSA) is 191 Å². The van der Waals surface area contributed by atoms with Crippen LogP contribution in [0.25, 0.3) is 11.0 Å². The molecule has 6 bridgehead atoms. The lowest BCUT2D eigenvalue weighted by Gasteiger charge is -2.41. The van der Waals surface area contributed by atoms with Crippen LogP contribution in [0.15, 0.2) is 53.3 Å². The summed E-state index contributed by atoms with van der Waals surface area (Å²) in [5, 5.41) is 5.15. The summed E-state index contributed by atoms with van der Waals surface area (Å²) in [6.45, 7) is 9.89. The lowest BCUT2D eigenvalue weighted by Crippen LogP contribution is -2.64. The first-order valence-corrected chi connectivity index (χ1v) is 21.3. The Balaban J connectivity index is 1.26. The number of hydrogen-bond donors (Lipinski definition) is 2. The first-order chi connectivity index (χ1) is 29.0. The molecule has 1 unspecified atom stereocenters. The van der Waals surface area contributed by atoms with Crippen LogP contribution in [-0.2, 0) is 45.3 Å². The summed E-state index contributed by atoms with van der Waals surface area (Å²) < 4.78 is 20.8. The molecule has 3 aromatic rings. The first kappa shape index (κ1) is 42.0. The van der Waals surface area contributed by atoms with E-state index in [0.717, 1.165) is 11.1 Å². The Bertz CT molecular complexity index is 2290. The summed E-state index contributed by atoms with van der Waals surface area (Å²) in [7, 11) is 0. The van der Waals surface area contributed by atoms with Gasteiger partial charge in [-0.3, -0.25) is 33.6 Å². The van der Waals surface area contributed by atoms with Gasteiger partial charge in [-0.05, 0) is 89.5 Å². The number of benzene rings is 2. The highest BCUT2D eigenvalue weighted by Crippen LogP contribution is 2.35. The van der Waals surface area contributed by atoms with Crippen molar-refractivity contribution >= 4 is 46.8 Å². The largest absolute Gasteiger partial charge is 0.444 e. The highest BCUT2D eigenvalue weighted by atomic mass is 16.6. The quantitative estimate of drug-likeness (QED) is 0.369. The number of carbonyl (C=O) groups excluding carboxylic acids is 6. The van der Waals surface area contributed by atoms with Gasteiger partial charge >= 0.3 is 17.9 Å². The van der Waals surface area contributed by atoms with Crippen LogP contribution in [0.2, 0.25) is 0 Å². The van der Waals surface area contributed by atoms with Crippen molar-refractivity contribution in [3.63, 3.8) is 0 Å². The smallest absolute Gasteiger partial charge is 0.410 e. The Morgan fingerprint density at radius 2 is 1.64 bits per heavy atom. The van der Waals surface area contributed by atoms with Crippen LogP contribution in [0.4, 0.5) is 9.59 Å². The molecule has 0 saturated carbocycles. The van der Waals surface area contributed by atoms with E-state index < -0.39 is 83.0 Å². The third kappa shape index (κ3) is 8.23. The van der Waals surface area contributed by atoms with Crippen LogP contribution in [0, 0.1) is 5.92 Å². The Hall–Kier alpha value is -5.71. The van der Waals surface area contributed by atoms with Gasteiger partial charge in [0.1, 0.15) is 35.9 Å². The molecule has 7 heterocycles. The van der Waals surface area contributed by atoms with Crippen LogP contribution < -0.4 is 16.3 Å². The molecule has 0 spiro atoms. The third-order valence-electron chi connectivity index (χ3n) is 12.7. The number of nitrogens with one attached hydrogen (secondary N) is 2. The van der Waals surface area contributed by atoms with Crippen molar-refractivity contribution in [2.45, 2.75) is 115 Å². The van der Waals surface area contributed by atoms with Gasteiger partial charge in [0.25, 0.3) is 0 Å². The number of alkyl carbamates (subject to hydrolysis) is 1. The van der Waals surface area contributed by atoms with Crippen LogP contribution in [0.5, 0.6) is 0 Å². The second-order valence-corrected chi connectivity index (χ2v) is 18.4. The van der Waals surface area contributed by atoms with Gasteiger partial charge in [-0.25, -0.2) is 14.4 Å². The molecular weight excluding hydrogens is 787 g/mol. The van der Waals surface area contributed by atoms with E-state index in [2.05, 4.69) is 10.6 Å². The molecule has 6 amide bonds. The zero-order valence-corrected chi connectivity index (χ0v) is 35.4.